The van der Waals surface area contributed by atoms with Crippen LogP contribution in [0.25, 0.3) is 0 Å². The largest absolute Gasteiger partial charge is 0.573 e. The van der Waals surface area contributed by atoms with E-state index in [9.17, 15) is 26.4 Å². The average molecular weight is 587 g/mol. The lowest BCUT2D eigenvalue weighted by atomic mass is 9.96. The lowest BCUT2D eigenvalue weighted by Crippen LogP contribution is -2.42. The number of nitrogens with one attached hydrogen (secondary N) is 1. The van der Waals surface area contributed by atoms with Gasteiger partial charge in [0.15, 0.2) is 6.29 Å². The van der Waals surface area contributed by atoms with Crippen molar-refractivity contribution >= 4 is 15.9 Å². The molecule has 0 aromatic heterocycles. The highest BCUT2D eigenvalue weighted by molar-refractivity contribution is 7.89. The molecule has 2 aliphatic rings. The Balaban J connectivity index is 1.38. The number of hydrogen-bond acceptors (Lipinski definition) is 7. The molecule has 0 spiro atoms. The van der Waals surface area contributed by atoms with Gasteiger partial charge in [0.05, 0.1) is 10.8 Å². The first-order chi connectivity index (χ1) is 19.1. The highest BCUT2D eigenvalue weighted by atomic mass is 32.2. The van der Waals surface area contributed by atoms with Crippen LogP contribution in [0.5, 0.6) is 11.5 Å². The summed E-state index contributed by atoms with van der Waals surface area (Å²) in [4.78, 5) is 18.5. The first kappa shape index (κ1) is 30.1. The summed E-state index contributed by atoms with van der Waals surface area (Å²) in [6.07, 6.45) is -1.96. The molecule has 4 rings (SSSR count). The number of rotatable bonds is 10. The molecule has 40 heavy (non-hydrogen) atoms. The third-order valence-electron chi connectivity index (χ3n) is 6.83. The minimum atomic E-state index is -4.78. The van der Waals surface area contributed by atoms with Crippen LogP contribution >= 0.6 is 0 Å². The number of benzene rings is 2. The van der Waals surface area contributed by atoms with E-state index in [0.29, 0.717) is 43.6 Å². The molecule has 9 nitrogen and oxygen atoms in total. The fourth-order valence-corrected chi connectivity index (χ4v) is 6.52. The van der Waals surface area contributed by atoms with E-state index in [-0.39, 0.29) is 29.8 Å². The Morgan fingerprint density at radius 3 is 2.35 bits per heavy atom. The maximum absolute atomic E-state index is 13.7. The lowest BCUT2D eigenvalue weighted by molar-refractivity contribution is -0.274. The van der Waals surface area contributed by atoms with Crippen molar-refractivity contribution in [3.63, 3.8) is 0 Å². The van der Waals surface area contributed by atoms with Crippen LogP contribution in [0, 0.1) is 0 Å². The standard InChI is InChI=1S/C27H33F3N2O7S/c1-2-22(26(33)31-39-25-9-5-6-18-36-25)23-7-3-4-8-24(23)40(34,35)32-16-14-20(15-17-32)37-19-10-12-21(13-11-19)38-27(28,29)30/h3-4,7-8,10-13,20,22,25H,2,5-6,9,14-18H2,1H3,(H,31,33). The first-order valence-electron chi connectivity index (χ1n) is 13.3. The van der Waals surface area contributed by atoms with Crippen LogP contribution in [0.15, 0.2) is 53.4 Å². The van der Waals surface area contributed by atoms with Gasteiger partial charge in [0.1, 0.15) is 17.6 Å². The second-order valence-corrected chi connectivity index (χ2v) is 11.5. The van der Waals surface area contributed by atoms with Gasteiger partial charge in [-0.25, -0.2) is 18.7 Å². The van der Waals surface area contributed by atoms with Crippen LogP contribution in [0.1, 0.15) is 56.9 Å². The van der Waals surface area contributed by atoms with Gasteiger partial charge >= 0.3 is 6.36 Å². The predicted molar refractivity (Wildman–Crippen MR) is 138 cm³/mol. The first-order valence-corrected chi connectivity index (χ1v) is 14.7. The van der Waals surface area contributed by atoms with Crippen molar-refractivity contribution in [2.45, 2.75) is 75.0 Å². The van der Waals surface area contributed by atoms with E-state index in [2.05, 4.69) is 10.2 Å². The molecular weight excluding hydrogens is 553 g/mol. The molecule has 0 aliphatic carbocycles. The topological polar surface area (TPSA) is 103 Å². The number of hydroxylamine groups is 1. The number of alkyl halides is 3. The summed E-state index contributed by atoms with van der Waals surface area (Å²) in [6.45, 7) is 2.72. The van der Waals surface area contributed by atoms with Crippen molar-refractivity contribution in [3.8, 4) is 11.5 Å². The van der Waals surface area contributed by atoms with E-state index in [0.717, 1.165) is 25.0 Å². The van der Waals surface area contributed by atoms with Crippen molar-refractivity contribution in [1.82, 2.24) is 9.79 Å². The molecule has 0 saturated carbocycles. The number of amides is 1. The van der Waals surface area contributed by atoms with Gasteiger partial charge in [-0.3, -0.25) is 4.79 Å². The quantitative estimate of drug-likeness (QED) is 0.396. The SMILES string of the molecule is CCC(C(=O)NOC1CCCCO1)c1ccccc1S(=O)(=O)N1CCC(Oc2ccc(OC(F)(F)F)cc2)CC1. The molecule has 13 heteroatoms. The Labute approximate surface area is 231 Å². The molecule has 220 valence electrons. The summed E-state index contributed by atoms with van der Waals surface area (Å²) in [5.41, 5.74) is 2.84. The minimum Gasteiger partial charge on any atom is -0.490 e. The normalized spacial score (nSPS) is 20.1. The molecule has 0 radical (unpaired) electrons. The molecule has 0 bridgehead atoms. The molecule has 2 aromatic carbocycles. The third kappa shape index (κ3) is 7.87. The monoisotopic (exact) mass is 586 g/mol. The Bertz CT molecular complexity index is 1230. The van der Waals surface area contributed by atoms with Crippen LogP contribution in [-0.4, -0.2) is 57.1 Å². The lowest BCUT2D eigenvalue weighted by Gasteiger charge is -2.32. The number of piperidine rings is 1. The fourth-order valence-electron chi connectivity index (χ4n) is 4.79. The molecule has 2 heterocycles. The molecular formula is C27H33F3N2O7S. The van der Waals surface area contributed by atoms with E-state index in [1.807, 2.05) is 0 Å². The van der Waals surface area contributed by atoms with E-state index in [1.165, 1.54) is 22.5 Å². The summed E-state index contributed by atoms with van der Waals surface area (Å²) in [5, 5.41) is 0. The highest BCUT2D eigenvalue weighted by Crippen LogP contribution is 2.32. The maximum atomic E-state index is 13.7. The molecule has 1 amide bonds. The van der Waals surface area contributed by atoms with Gasteiger partial charge in [-0.15, -0.1) is 13.2 Å². The summed E-state index contributed by atoms with van der Waals surface area (Å²) in [6, 6.07) is 11.5. The van der Waals surface area contributed by atoms with Gasteiger partial charge in [-0.05, 0) is 68.0 Å². The summed E-state index contributed by atoms with van der Waals surface area (Å²) < 4.78 is 81.0. The predicted octanol–water partition coefficient (Wildman–Crippen LogP) is 4.89. The van der Waals surface area contributed by atoms with Gasteiger partial charge in [0.2, 0.25) is 10.0 Å². The van der Waals surface area contributed by atoms with Gasteiger partial charge in [-0.2, -0.15) is 4.31 Å². The smallest absolute Gasteiger partial charge is 0.490 e. The molecule has 1 N–H and O–H groups in total. The summed E-state index contributed by atoms with van der Waals surface area (Å²) in [5.74, 6) is -1.19. The van der Waals surface area contributed by atoms with Crippen molar-refractivity contribution in [2.24, 2.45) is 0 Å². The zero-order chi connectivity index (χ0) is 28.8. The average Bonchev–Trinajstić information content (AvgIpc) is 2.94. The minimum absolute atomic E-state index is 0.0607. The third-order valence-corrected chi connectivity index (χ3v) is 8.80. The van der Waals surface area contributed by atoms with Crippen molar-refractivity contribution in [2.75, 3.05) is 19.7 Å². The van der Waals surface area contributed by atoms with E-state index < -0.39 is 34.5 Å². The Hall–Kier alpha value is -2.87. The number of halogens is 3. The van der Waals surface area contributed by atoms with E-state index in [4.69, 9.17) is 14.3 Å². The molecule has 2 fully saturated rings. The van der Waals surface area contributed by atoms with Crippen LogP contribution < -0.4 is 15.0 Å². The number of hydrogen-bond donors (Lipinski definition) is 1. The summed E-state index contributed by atoms with van der Waals surface area (Å²) >= 11 is 0. The van der Waals surface area contributed by atoms with Crippen molar-refractivity contribution < 1.29 is 45.4 Å². The molecule has 2 atom stereocenters. The van der Waals surface area contributed by atoms with Gasteiger partial charge < -0.3 is 14.2 Å². The number of sulfonamides is 1. The zero-order valence-electron chi connectivity index (χ0n) is 22.1. The number of carbonyl (C=O) groups is 1. The van der Waals surface area contributed by atoms with Gasteiger partial charge in [0, 0.05) is 26.1 Å². The van der Waals surface area contributed by atoms with Crippen LogP contribution in [0.4, 0.5) is 13.2 Å². The van der Waals surface area contributed by atoms with E-state index >= 15 is 0 Å². The van der Waals surface area contributed by atoms with Crippen LogP contribution in [-0.2, 0) is 24.4 Å². The number of nitrogens with zero attached hydrogens (tertiary/aromatic N) is 1. The number of carbonyl (C=O) groups excluding carboxylic acids is 1. The van der Waals surface area contributed by atoms with Crippen molar-refractivity contribution in [1.29, 1.82) is 0 Å². The molecule has 2 saturated heterocycles. The fraction of sp³-hybridized carbons (Fsp3) is 0.519. The Morgan fingerprint density at radius 2 is 1.73 bits per heavy atom. The molecule has 2 aliphatic heterocycles. The molecule has 2 unspecified atom stereocenters. The zero-order valence-corrected chi connectivity index (χ0v) is 22.9. The van der Waals surface area contributed by atoms with E-state index in [1.54, 1.807) is 25.1 Å². The number of ether oxygens (including phenoxy) is 3. The van der Waals surface area contributed by atoms with Gasteiger partial charge in [0.25, 0.3) is 5.91 Å². The summed E-state index contributed by atoms with van der Waals surface area (Å²) in [7, 11) is -3.93. The van der Waals surface area contributed by atoms with Crippen LogP contribution in [0.2, 0.25) is 0 Å². The Morgan fingerprint density at radius 1 is 1.05 bits per heavy atom. The second-order valence-electron chi connectivity index (χ2n) is 9.62. The maximum Gasteiger partial charge on any atom is 0.573 e. The second kappa shape index (κ2) is 13.2. The molecule has 2 aromatic rings. The van der Waals surface area contributed by atoms with Gasteiger partial charge in [-0.1, -0.05) is 25.1 Å². The Kier molecular flexibility index (Phi) is 9.93. The van der Waals surface area contributed by atoms with Crippen molar-refractivity contribution in [3.05, 3.63) is 54.1 Å². The van der Waals surface area contributed by atoms with Crippen LogP contribution in [0.3, 0.4) is 0 Å². The highest BCUT2D eigenvalue weighted by Gasteiger charge is 2.35.